The standard InChI is InChI=1S/C14H13ClN2O4/c1-8(14-12(18)3-2-4-13(14)19)16-10-7-9(15)5-6-11(10)17(20)21/h2-8,16,18-19H,1H3. The molecule has 0 bridgehead atoms. The molecule has 6 nitrogen and oxygen atoms in total. The summed E-state index contributed by atoms with van der Waals surface area (Å²) in [5.74, 6) is -0.195. The van der Waals surface area contributed by atoms with Crippen molar-refractivity contribution in [1.82, 2.24) is 0 Å². The maximum absolute atomic E-state index is 11.0. The van der Waals surface area contributed by atoms with Gasteiger partial charge in [0, 0.05) is 11.1 Å². The van der Waals surface area contributed by atoms with Gasteiger partial charge < -0.3 is 15.5 Å². The molecule has 0 fully saturated rings. The zero-order chi connectivity index (χ0) is 15.6. The summed E-state index contributed by atoms with van der Waals surface area (Å²) in [6, 6.07) is 7.95. The van der Waals surface area contributed by atoms with Crippen LogP contribution in [0.15, 0.2) is 36.4 Å². The Hall–Kier alpha value is -2.47. The van der Waals surface area contributed by atoms with E-state index in [1.54, 1.807) is 6.92 Å². The number of aromatic hydroxyl groups is 2. The molecule has 21 heavy (non-hydrogen) atoms. The fourth-order valence-corrected chi connectivity index (χ4v) is 2.25. The molecule has 0 heterocycles. The fourth-order valence-electron chi connectivity index (χ4n) is 2.07. The lowest BCUT2D eigenvalue weighted by Crippen LogP contribution is -2.09. The lowest BCUT2D eigenvalue weighted by molar-refractivity contribution is -0.384. The van der Waals surface area contributed by atoms with E-state index in [9.17, 15) is 20.3 Å². The van der Waals surface area contributed by atoms with Crippen LogP contribution in [-0.2, 0) is 0 Å². The van der Waals surface area contributed by atoms with Gasteiger partial charge in [0.1, 0.15) is 17.2 Å². The maximum atomic E-state index is 11.0. The second-order valence-corrected chi connectivity index (χ2v) is 4.93. The van der Waals surface area contributed by atoms with Gasteiger partial charge in [-0.2, -0.15) is 0 Å². The van der Waals surface area contributed by atoms with Crippen LogP contribution in [0.1, 0.15) is 18.5 Å². The number of halogens is 1. The van der Waals surface area contributed by atoms with Crippen molar-refractivity contribution in [2.45, 2.75) is 13.0 Å². The second-order valence-electron chi connectivity index (χ2n) is 4.49. The van der Waals surface area contributed by atoms with E-state index >= 15 is 0 Å². The first-order chi connectivity index (χ1) is 9.90. The predicted molar refractivity (Wildman–Crippen MR) is 79.9 cm³/mol. The van der Waals surface area contributed by atoms with E-state index in [0.717, 1.165) is 0 Å². The molecule has 0 aliphatic carbocycles. The molecule has 0 saturated heterocycles. The highest BCUT2D eigenvalue weighted by Crippen LogP contribution is 2.36. The van der Waals surface area contributed by atoms with Gasteiger partial charge in [-0.05, 0) is 31.2 Å². The van der Waals surface area contributed by atoms with Crippen LogP contribution in [0.3, 0.4) is 0 Å². The Labute approximate surface area is 125 Å². The largest absolute Gasteiger partial charge is 0.507 e. The molecule has 3 N–H and O–H groups in total. The van der Waals surface area contributed by atoms with Crippen molar-refractivity contribution in [3.63, 3.8) is 0 Å². The predicted octanol–water partition coefficient (Wildman–Crippen LogP) is 3.83. The first-order valence-corrected chi connectivity index (χ1v) is 6.49. The smallest absolute Gasteiger partial charge is 0.292 e. The van der Waals surface area contributed by atoms with Crippen LogP contribution in [0, 0.1) is 10.1 Å². The molecular weight excluding hydrogens is 296 g/mol. The third-order valence-corrected chi connectivity index (χ3v) is 3.26. The van der Waals surface area contributed by atoms with Crippen LogP contribution in [0.5, 0.6) is 11.5 Å². The Balaban J connectivity index is 2.38. The van der Waals surface area contributed by atoms with Crippen LogP contribution in [0.2, 0.25) is 5.02 Å². The second kappa shape index (κ2) is 5.88. The van der Waals surface area contributed by atoms with Crippen LogP contribution < -0.4 is 5.32 Å². The molecule has 0 spiro atoms. The summed E-state index contributed by atoms with van der Waals surface area (Å²) in [5.41, 5.74) is 0.329. The minimum atomic E-state index is -0.552. The van der Waals surface area contributed by atoms with Gasteiger partial charge in [-0.1, -0.05) is 17.7 Å². The summed E-state index contributed by atoms with van der Waals surface area (Å²) in [4.78, 5) is 10.5. The van der Waals surface area contributed by atoms with Crippen molar-refractivity contribution in [2.24, 2.45) is 0 Å². The molecule has 0 radical (unpaired) electrons. The van der Waals surface area contributed by atoms with Crippen LogP contribution in [-0.4, -0.2) is 15.1 Å². The molecule has 0 aliphatic rings. The van der Waals surface area contributed by atoms with E-state index in [1.807, 2.05) is 0 Å². The van der Waals surface area contributed by atoms with Gasteiger partial charge in [0.25, 0.3) is 5.69 Å². The summed E-state index contributed by atoms with van der Waals surface area (Å²) in [6.07, 6.45) is 0. The molecule has 2 rings (SSSR count). The number of nitro benzene ring substituents is 1. The first-order valence-electron chi connectivity index (χ1n) is 6.11. The van der Waals surface area contributed by atoms with Crippen molar-refractivity contribution >= 4 is 23.0 Å². The maximum Gasteiger partial charge on any atom is 0.292 e. The average Bonchev–Trinajstić information content (AvgIpc) is 2.38. The summed E-state index contributed by atoms with van der Waals surface area (Å²) < 4.78 is 0. The van der Waals surface area contributed by atoms with Crippen LogP contribution >= 0.6 is 11.6 Å². The van der Waals surface area contributed by atoms with Gasteiger partial charge in [0.2, 0.25) is 0 Å². The summed E-state index contributed by atoms with van der Waals surface area (Å²) >= 11 is 5.85. The molecule has 2 aromatic rings. The molecule has 110 valence electrons. The Kier molecular flexibility index (Phi) is 4.18. The zero-order valence-electron chi connectivity index (χ0n) is 11.1. The highest BCUT2D eigenvalue weighted by molar-refractivity contribution is 6.31. The number of hydrogen-bond acceptors (Lipinski definition) is 5. The fraction of sp³-hybridized carbons (Fsp3) is 0.143. The van der Waals surface area contributed by atoms with Crippen LogP contribution in [0.4, 0.5) is 11.4 Å². The van der Waals surface area contributed by atoms with Gasteiger partial charge in [-0.25, -0.2) is 0 Å². The topological polar surface area (TPSA) is 95.6 Å². The molecule has 2 aromatic carbocycles. The number of nitrogens with one attached hydrogen (secondary N) is 1. The van der Waals surface area contributed by atoms with Gasteiger partial charge >= 0.3 is 0 Å². The highest BCUT2D eigenvalue weighted by atomic mass is 35.5. The van der Waals surface area contributed by atoms with Gasteiger partial charge in [-0.15, -0.1) is 0 Å². The summed E-state index contributed by atoms with van der Waals surface area (Å²) in [6.45, 7) is 1.67. The number of benzene rings is 2. The first kappa shape index (κ1) is 14.9. The number of anilines is 1. The number of nitro groups is 1. The molecule has 0 saturated carbocycles. The Morgan fingerprint density at radius 3 is 2.43 bits per heavy atom. The lowest BCUT2D eigenvalue weighted by Gasteiger charge is -2.18. The number of phenolic OH excluding ortho intramolecular Hbond substituents is 2. The minimum Gasteiger partial charge on any atom is -0.507 e. The van der Waals surface area contributed by atoms with Crippen molar-refractivity contribution in [2.75, 3.05) is 5.32 Å². The molecule has 0 amide bonds. The normalized spacial score (nSPS) is 11.9. The number of nitrogens with zero attached hydrogens (tertiary/aromatic N) is 1. The van der Waals surface area contributed by atoms with Crippen molar-refractivity contribution in [3.05, 3.63) is 57.1 Å². The monoisotopic (exact) mass is 308 g/mol. The van der Waals surface area contributed by atoms with Gasteiger partial charge in [-0.3, -0.25) is 10.1 Å². The number of rotatable bonds is 4. The van der Waals surface area contributed by atoms with Crippen molar-refractivity contribution < 1.29 is 15.1 Å². The molecular formula is C14H13ClN2O4. The zero-order valence-corrected chi connectivity index (χ0v) is 11.8. The minimum absolute atomic E-state index is 0.0975. The van der Waals surface area contributed by atoms with Crippen molar-refractivity contribution in [3.8, 4) is 11.5 Å². The summed E-state index contributed by atoms with van der Waals surface area (Å²) in [5, 5.41) is 33.9. The number of phenols is 2. The van der Waals surface area contributed by atoms with E-state index < -0.39 is 11.0 Å². The van der Waals surface area contributed by atoms with Crippen molar-refractivity contribution in [1.29, 1.82) is 0 Å². The molecule has 0 aromatic heterocycles. The Morgan fingerprint density at radius 1 is 1.24 bits per heavy atom. The Morgan fingerprint density at radius 2 is 1.86 bits per heavy atom. The highest BCUT2D eigenvalue weighted by Gasteiger charge is 2.20. The molecule has 0 aliphatic heterocycles. The molecule has 1 atom stereocenters. The van der Waals surface area contributed by atoms with E-state index in [2.05, 4.69) is 5.32 Å². The SMILES string of the molecule is CC(Nc1cc(Cl)ccc1[N+](=O)[O-])c1c(O)cccc1O. The third kappa shape index (κ3) is 3.17. The third-order valence-electron chi connectivity index (χ3n) is 3.02. The lowest BCUT2D eigenvalue weighted by atomic mass is 10.1. The van der Waals surface area contributed by atoms with Gasteiger partial charge in [0.05, 0.1) is 16.5 Å². The summed E-state index contributed by atoms with van der Waals surface area (Å²) in [7, 11) is 0. The Bertz CT molecular complexity index is 670. The van der Waals surface area contributed by atoms with E-state index in [0.29, 0.717) is 5.02 Å². The quantitative estimate of drug-likeness (QED) is 0.589. The van der Waals surface area contributed by atoms with E-state index in [-0.39, 0.29) is 28.4 Å². The number of hydrogen-bond donors (Lipinski definition) is 3. The average molecular weight is 309 g/mol. The van der Waals surface area contributed by atoms with E-state index in [4.69, 9.17) is 11.6 Å². The van der Waals surface area contributed by atoms with E-state index in [1.165, 1.54) is 36.4 Å². The van der Waals surface area contributed by atoms with Gasteiger partial charge in [0.15, 0.2) is 0 Å². The van der Waals surface area contributed by atoms with Crippen LogP contribution in [0.25, 0.3) is 0 Å². The molecule has 1 unspecified atom stereocenters. The molecule has 7 heteroatoms.